The number of nitrogens with zero attached hydrogens (tertiary/aromatic N) is 1. The Hall–Kier alpha value is -1.81. The van der Waals surface area contributed by atoms with Crippen LogP contribution >= 0.6 is 11.3 Å². The van der Waals surface area contributed by atoms with E-state index in [2.05, 4.69) is 4.98 Å². The van der Waals surface area contributed by atoms with Gasteiger partial charge in [0.05, 0.1) is 11.3 Å². The molecule has 0 aliphatic rings. The third kappa shape index (κ3) is 2.65. The summed E-state index contributed by atoms with van der Waals surface area (Å²) in [6.45, 7) is 1.84. The van der Waals surface area contributed by atoms with Gasteiger partial charge in [-0.3, -0.25) is 14.6 Å². The summed E-state index contributed by atoms with van der Waals surface area (Å²) < 4.78 is 0. The van der Waals surface area contributed by atoms with E-state index in [0.717, 1.165) is 16.9 Å². The van der Waals surface area contributed by atoms with Crippen molar-refractivity contribution in [2.24, 2.45) is 0 Å². The number of aromatic nitrogens is 1. The van der Waals surface area contributed by atoms with Gasteiger partial charge in [-0.1, -0.05) is 6.07 Å². The minimum Gasteiger partial charge on any atom is -0.298 e. The van der Waals surface area contributed by atoms with Crippen molar-refractivity contribution in [2.75, 3.05) is 0 Å². The zero-order valence-electron chi connectivity index (χ0n) is 9.34. The Morgan fingerprint density at radius 3 is 2.88 bits per heavy atom. The second-order valence-corrected chi connectivity index (χ2v) is 4.92. The second kappa shape index (κ2) is 5.01. The summed E-state index contributed by atoms with van der Waals surface area (Å²) in [5.74, 6) is 0.00454. The van der Waals surface area contributed by atoms with Crippen molar-refractivity contribution in [1.82, 2.24) is 4.98 Å². The fourth-order valence-electron chi connectivity index (χ4n) is 1.50. The number of aryl methyl sites for hydroxylation is 1. The summed E-state index contributed by atoms with van der Waals surface area (Å²) in [5, 5.41) is 0. The quantitative estimate of drug-likeness (QED) is 0.614. The SMILES string of the molecule is Cc1sc(C(=O)Cc2ccccn2)cc1C=O. The average molecular weight is 245 g/mol. The molecule has 0 spiro atoms. The number of ketones is 1. The third-order valence-corrected chi connectivity index (χ3v) is 3.53. The van der Waals surface area contributed by atoms with Gasteiger partial charge >= 0.3 is 0 Å². The third-order valence-electron chi connectivity index (χ3n) is 2.43. The number of Topliss-reactive ketones (excluding diaryl/α,β-unsaturated/α-hetero) is 1. The first-order chi connectivity index (χ1) is 8.20. The lowest BCUT2D eigenvalue weighted by molar-refractivity contribution is 0.0995. The lowest BCUT2D eigenvalue weighted by Gasteiger charge is -1.96. The molecule has 0 aromatic carbocycles. The summed E-state index contributed by atoms with van der Waals surface area (Å²) in [7, 11) is 0. The number of carbonyl (C=O) groups is 2. The van der Waals surface area contributed by atoms with E-state index in [1.54, 1.807) is 12.3 Å². The second-order valence-electron chi connectivity index (χ2n) is 3.66. The van der Waals surface area contributed by atoms with E-state index in [9.17, 15) is 9.59 Å². The molecule has 2 rings (SSSR count). The standard InChI is InChI=1S/C13H11NO2S/c1-9-10(8-15)6-13(17-9)12(16)7-11-4-2-3-5-14-11/h2-6,8H,7H2,1H3. The number of rotatable bonds is 4. The zero-order chi connectivity index (χ0) is 12.3. The van der Waals surface area contributed by atoms with Crippen LogP contribution in [0.3, 0.4) is 0 Å². The van der Waals surface area contributed by atoms with Gasteiger partial charge < -0.3 is 0 Å². The molecule has 2 aromatic heterocycles. The van der Waals surface area contributed by atoms with Crippen molar-refractivity contribution in [2.45, 2.75) is 13.3 Å². The Balaban J connectivity index is 2.17. The largest absolute Gasteiger partial charge is 0.298 e. The number of hydrogen-bond acceptors (Lipinski definition) is 4. The first-order valence-corrected chi connectivity index (χ1v) is 6.01. The molecule has 0 N–H and O–H groups in total. The van der Waals surface area contributed by atoms with E-state index in [4.69, 9.17) is 0 Å². The molecule has 0 unspecified atom stereocenters. The molecule has 0 atom stereocenters. The number of aldehydes is 1. The highest BCUT2D eigenvalue weighted by molar-refractivity contribution is 7.14. The Morgan fingerprint density at radius 2 is 2.29 bits per heavy atom. The van der Waals surface area contributed by atoms with Gasteiger partial charge in [-0.15, -0.1) is 11.3 Å². The smallest absolute Gasteiger partial charge is 0.178 e. The molecule has 17 heavy (non-hydrogen) atoms. The maximum Gasteiger partial charge on any atom is 0.178 e. The molecule has 0 bridgehead atoms. The molecule has 3 nitrogen and oxygen atoms in total. The van der Waals surface area contributed by atoms with Crippen LogP contribution < -0.4 is 0 Å². The zero-order valence-corrected chi connectivity index (χ0v) is 10.2. The predicted molar refractivity (Wildman–Crippen MR) is 66.7 cm³/mol. The van der Waals surface area contributed by atoms with Crippen molar-refractivity contribution in [3.05, 3.63) is 51.5 Å². The lowest BCUT2D eigenvalue weighted by atomic mass is 10.1. The molecule has 0 saturated heterocycles. The Bertz CT molecular complexity index is 546. The Kier molecular flexibility index (Phi) is 3.44. The fourth-order valence-corrected chi connectivity index (χ4v) is 2.43. The maximum absolute atomic E-state index is 12.0. The summed E-state index contributed by atoms with van der Waals surface area (Å²) in [4.78, 5) is 28.3. The van der Waals surface area contributed by atoms with Crippen molar-refractivity contribution in [1.29, 1.82) is 0 Å². The number of hydrogen-bond donors (Lipinski definition) is 0. The summed E-state index contributed by atoms with van der Waals surface area (Å²) >= 11 is 1.36. The van der Waals surface area contributed by atoms with E-state index in [0.29, 0.717) is 10.4 Å². The minimum atomic E-state index is 0.00454. The van der Waals surface area contributed by atoms with Crippen molar-refractivity contribution in [3.63, 3.8) is 0 Å². The van der Waals surface area contributed by atoms with Gasteiger partial charge in [-0.05, 0) is 25.1 Å². The highest BCUT2D eigenvalue weighted by Crippen LogP contribution is 2.21. The molecular weight excluding hydrogens is 234 g/mol. The predicted octanol–water partition coefficient (Wildman–Crippen LogP) is 2.69. The molecule has 86 valence electrons. The molecule has 0 radical (unpaired) electrons. The number of carbonyl (C=O) groups excluding carboxylic acids is 2. The summed E-state index contributed by atoms with van der Waals surface area (Å²) in [6.07, 6.45) is 2.72. The van der Waals surface area contributed by atoms with Crippen LogP contribution in [0, 0.1) is 6.92 Å². The van der Waals surface area contributed by atoms with E-state index < -0.39 is 0 Å². The molecule has 0 fully saturated rings. The van der Waals surface area contributed by atoms with Gasteiger partial charge in [0.1, 0.15) is 0 Å². The average Bonchev–Trinajstić information content (AvgIpc) is 2.72. The maximum atomic E-state index is 12.0. The Labute approximate surface area is 103 Å². The van der Waals surface area contributed by atoms with Gasteiger partial charge in [0.2, 0.25) is 0 Å². The molecule has 0 amide bonds. The fraction of sp³-hybridized carbons (Fsp3) is 0.154. The van der Waals surface area contributed by atoms with Crippen LogP contribution in [0.2, 0.25) is 0 Å². The highest BCUT2D eigenvalue weighted by atomic mass is 32.1. The molecular formula is C13H11NO2S. The molecule has 4 heteroatoms. The molecule has 0 aliphatic heterocycles. The molecule has 2 heterocycles. The molecule has 0 saturated carbocycles. The van der Waals surface area contributed by atoms with Gasteiger partial charge in [0, 0.05) is 22.3 Å². The van der Waals surface area contributed by atoms with Crippen LogP contribution in [0.15, 0.2) is 30.5 Å². The van der Waals surface area contributed by atoms with Gasteiger partial charge in [-0.2, -0.15) is 0 Å². The summed E-state index contributed by atoms with van der Waals surface area (Å²) in [6, 6.07) is 7.14. The van der Waals surface area contributed by atoms with Gasteiger partial charge in [-0.25, -0.2) is 0 Å². The summed E-state index contributed by atoms with van der Waals surface area (Å²) in [5.41, 5.74) is 1.34. The van der Waals surface area contributed by atoms with Gasteiger partial charge in [0.25, 0.3) is 0 Å². The van der Waals surface area contributed by atoms with Crippen LogP contribution in [-0.2, 0) is 6.42 Å². The van der Waals surface area contributed by atoms with E-state index >= 15 is 0 Å². The molecule has 0 aliphatic carbocycles. The highest BCUT2D eigenvalue weighted by Gasteiger charge is 2.12. The molecule has 2 aromatic rings. The topological polar surface area (TPSA) is 47.0 Å². The van der Waals surface area contributed by atoms with Crippen LogP contribution in [0.4, 0.5) is 0 Å². The van der Waals surface area contributed by atoms with Crippen molar-refractivity contribution < 1.29 is 9.59 Å². The van der Waals surface area contributed by atoms with Gasteiger partial charge in [0.15, 0.2) is 12.1 Å². The first-order valence-electron chi connectivity index (χ1n) is 5.19. The minimum absolute atomic E-state index is 0.00454. The lowest BCUT2D eigenvalue weighted by Crippen LogP contribution is -2.02. The van der Waals surface area contributed by atoms with Crippen LogP contribution in [0.5, 0.6) is 0 Å². The first kappa shape index (κ1) is 11.7. The van der Waals surface area contributed by atoms with E-state index in [1.165, 1.54) is 11.3 Å². The Morgan fingerprint density at radius 1 is 1.47 bits per heavy atom. The normalized spacial score (nSPS) is 10.2. The monoisotopic (exact) mass is 245 g/mol. The van der Waals surface area contributed by atoms with Crippen molar-refractivity contribution in [3.8, 4) is 0 Å². The van der Waals surface area contributed by atoms with Crippen LogP contribution in [0.25, 0.3) is 0 Å². The van der Waals surface area contributed by atoms with Crippen LogP contribution in [0.1, 0.15) is 30.6 Å². The number of thiophene rings is 1. The number of pyridine rings is 1. The van der Waals surface area contributed by atoms with Crippen molar-refractivity contribution >= 4 is 23.4 Å². The van der Waals surface area contributed by atoms with Crippen LogP contribution in [-0.4, -0.2) is 17.1 Å². The van der Waals surface area contributed by atoms with E-state index in [-0.39, 0.29) is 12.2 Å². The van der Waals surface area contributed by atoms with E-state index in [1.807, 2.05) is 25.1 Å².